The number of benzene rings is 3. The Labute approximate surface area is 213 Å². The quantitative estimate of drug-likeness (QED) is 0.382. The molecular weight excluding hydrogens is 426 g/mol. The lowest BCUT2D eigenvalue weighted by Gasteiger charge is -2.29. The molecule has 0 radical (unpaired) electrons. The van der Waals surface area contributed by atoms with Gasteiger partial charge in [0.2, 0.25) is 0 Å². The SMILES string of the molecule is Cc1cccc2c1CCN(C)C2.Cc1cccc2c1CN(C)C2.Cc1cccc2c1N(C)CCC2. The van der Waals surface area contributed by atoms with E-state index in [9.17, 15) is 0 Å². The maximum atomic E-state index is 2.38. The molecule has 0 saturated heterocycles. The van der Waals surface area contributed by atoms with Gasteiger partial charge in [0.1, 0.15) is 0 Å². The summed E-state index contributed by atoms with van der Waals surface area (Å²) >= 11 is 0. The van der Waals surface area contributed by atoms with Crippen molar-refractivity contribution in [2.45, 2.75) is 59.7 Å². The maximum absolute atomic E-state index is 2.38. The number of aryl methyl sites for hydroxylation is 4. The van der Waals surface area contributed by atoms with Crippen LogP contribution in [0.4, 0.5) is 5.69 Å². The molecule has 35 heavy (non-hydrogen) atoms. The molecule has 3 heterocycles. The van der Waals surface area contributed by atoms with E-state index in [4.69, 9.17) is 0 Å². The van der Waals surface area contributed by atoms with E-state index in [1.807, 2.05) is 0 Å². The maximum Gasteiger partial charge on any atom is 0.0425 e. The van der Waals surface area contributed by atoms with E-state index in [1.165, 1.54) is 77.0 Å². The minimum absolute atomic E-state index is 1.12. The van der Waals surface area contributed by atoms with Crippen LogP contribution in [-0.2, 0) is 32.5 Å². The highest BCUT2D eigenvalue weighted by molar-refractivity contribution is 5.60. The summed E-state index contributed by atoms with van der Waals surface area (Å²) < 4.78 is 0. The van der Waals surface area contributed by atoms with Gasteiger partial charge in [0.05, 0.1) is 0 Å². The smallest absolute Gasteiger partial charge is 0.0425 e. The van der Waals surface area contributed by atoms with Crippen LogP contribution in [-0.4, -0.2) is 44.0 Å². The molecule has 0 N–H and O–H groups in total. The van der Waals surface area contributed by atoms with Crippen molar-refractivity contribution < 1.29 is 0 Å². The molecule has 0 atom stereocenters. The predicted molar refractivity (Wildman–Crippen MR) is 150 cm³/mol. The zero-order valence-corrected chi connectivity index (χ0v) is 22.7. The molecule has 3 nitrogen and oxygen atoms in total. The third-order valence-corrected chi connectivity index (χ3v) is 7.71. The molecule has 6 rings (SSSR count). The molecule has 3 heteroatoms. The molecule has 0 amide bonds. The summed E-state index contributed by atoms with van der Waals surface area (Å²) in [5.41, 5.74) is 13.4. The Morgan fingerprint density at radius 1 is 0.543 bits per heavy atom. The normalized spacial score (nSPS) is 16.8. The van der Waals surface area contributed by atoms with E-state index in [0.717, 1.165) is 19.6 Å². The van der Waals surface area contributed by atoms with Crippen molar-refractivity contribution in [2.24, 2.45) is 0 Å². The van der Waals surface area contributed by atoms with Gasteiger partial charge in [-0.25, -0.2) is 0 Å². The van der Waals surface area contributed by atoms with Crippen molar-refractivity contribution in [3.63, 3.8) is 0 Å². The zero-order chi connectivity index (χ0) is 24.9. The van der Waals surface area contributed by atoms with Gasteiger partial charge in [0, 0.05) is 45.5 Å². The lowest BCUT2D eigenvalue weighted by molar-refractivity contribution is 0.312. The van der Waals surface area contributed by atoms with Gasteiger partial charge < -0.3 is 9.80 Å². The molecule has 3 aliphatic heterocycles. The van der Waals surface area contributed by atoms with E-state index < -0.39 is 0 Å². The summed E-state index contributed by atoms with van der Waals surface area (Å²) in [6, 6.07) is 19.8. The first-order valence-electron chi connectivity index (χ1n) is 13.1. The standard InChI is InChI=1S/2C11H15N.C10H13N/c1-9-5-3-6-10-7-4-8-12(2)11(9)10;1-9-4-3-5-10-8-12(2)7-6-11(9)10;1-8-4-3-5-9-6-11(2)7-10(8)9/h3,5-6H,4,7-8H2,1-2H3;3-5H,6-8H2,1-2H3;3-5H,6-7H2,1-2H3. The summed E-state index contributed by atoms with van der Waals surface area (Å²) in [6.07, 6.45) is 3.77. The Morgan fingerprint density at radius 3 is 1.77 bits per heavy atom. The van der Waals surface area contributed by atoms with Crippen LogP contribution in [0.1, 0.15) is 50.9 Å². The van der Waals surface area contributed by atoms with Gasteiger partial charge in [-0.1, -0.05) is 54.6 Å². The van der Waals surface area contributed by atoms with Gasteiger partial charge >= 0.3 is 0 Å². The Kier molecular flexibility index (Phi) is 8.30. The molecule has 0 aromatic heterocycles. The highest BCUT2D eigenvalue weighted by Crippen LogP contribution is 2.29. The minimum Gasteiger partial charge on any atom is -0.374 e. The summed E-state index contributed by atoms with van der Waals surface area (Å²) in [6.45, 7) is 12.4. The van der Waals surface area contributed by atoms with Crippen molar-refractivity contribution in [3.05, 3.63) is 99.1 Å². The van der Waals surface area contributed by atoms with Crippen LogP contribution in [0.2, 0.25) is 0 Å². The average Bonchev–Trinajstić information content (AvgIpc) is 3.22. The van der Waals surface area contributed by atoms with E-state index in [1.54, 1.807) is 5.56 Å². The fourth-order valence-corrected chi connectivity index (χ4v) is 5.78. The zero-order valence-electron chi connectivity index (χ0n) is 22.7. The second kappa shape index (κ2) is 11.4. The fourth-order valence-electron chi connectivity index (χ4n) is 5.78. The lowest BCUT2D eigenvalue weighted by Crippen LogP contribution is -2.26. The number of para-hydroxylation sites is 1. The molecule has 3 aromatic rings. The second-order valence-corrected chi connectivity index (χ2v) is 10.7. The molecule has 186 valence electrons. The van der Waals surface area contributed by atoms with Crippen LogP contribution in [0.3, 0.4) is 0 Å². The molecule has 0 bridgehead atoms. The van der Waals surface area contributed by atoms with Crippen LogP contribution >= 0.6 is 0 Å². The number of anilines is 1. The van der Waals surface area contributed by atoms with Gasteiger partial charge in [-0.2, -0.15) is 0 Å². The minimum atomic E-state index is 1.12. The number of likely N-dealkylation sites (N-methyl/N-ethyl adjacent to an activating group) is 1. The van der Waals surface area contributed by atoms with Gasteiger partial charge in [-0.05, 0) is 98.6 Å². The first kappa shape index (κ1) is 25.5. The Balaban J connectivity index is 0.000000124. The summed E-state index contributed by atoms with van der Waals surface area (Å²) in [4.78, 5) is 7.09. The first-order chi connectivity index (χ1) is 16.8. The fraction of sp³-hybridized carbons (Fsp3) is 0.438. The van der Waals surface area contributed by atoms with Gasteiger partial charge in [0.25, 0.3) is 0 Å². The predicted octanol–water partition coefficient (Wildman–Crippen LogP) is 6.30. The number of hydrogen-bond acceptors (Lipinski definition) is 3. The Bertz CT molecular complexity index is 1150. The van der Waals surface area contributed by atoms with Crippen molar-refractivity contribution in [2.75, 3.05) is 39.1 Å². The van der Waals surface area contributed by atoms with Crippen LogP contribution in [0.25, 0.3) is 0 Å². The summed E-state index contributed by atoms with van der Waals surface area (Å²) in [7, 11) is 6.54. The van der Waals surface area contributed by atoms with Gasteiger partial charge in [-0.15, -0.1) is 0 Å². The first-order valence-corrected chi connectivity index (χ1v) is 13.1. The van der Waals surface area contributed by atoms with E-state index in [2.05, 4.69) is 111 Å². The van der Waals surface area contributed by atoms with Crippen LogP contribution in [0.5, 0.6) is 0 Å². The second-order valence-electron chi connectivity index (χ2n) is 10.7. The molecule has 0 saturated carbocycles. The highest BCUT2D eigenvalue weighted by Gasteiger charge is 2.16. The van der Waals surface area contributed by atoms with E-state index >= 15 is 0 Å². The average molecular weight is 470 g/mol. The third kappa shape index (κ3) is 6.15. The molecule has 3 aliphatic rings. The number of nitrogens with zero attached hydrogens (tertiary/aromatic N) is 3. The molecule has 0 spiro atoms. The van der Waals surface area contributed by atoms with Crippen molar-refractivity contribution in [1.29, 1.82) is 0 Å². The van der Waals surface area contributed by atoms with Crippen molar-refractivity contribution in [3.8, 4) is 0 Å². The molecule has 0 aliphatic carbocycles. The largest absolute Gasteiger partial charge is 0.374 e. The monoisotopic (exact) mass is 469 g/mol. The van der Waals surface area contributed by atoms with Crippen molar-refractivity contribution >= 4 is 5.69 Å². The van der Waals surface area contributed by atoms with E-state index in [0.29, 0.717) is 0 Å². The molecular formula is C32H43N3. The lowest BCUT2D eigenvalue weighted by atomic mass is 9.96. The Hall–Kier alpha value is -2.62. The Morgan fingerprint density at radius 2 is 1.11 bits per heavy atom. The van der Waals surface area contributed by atoms with Crippen molar-refractivity contribution in [1.82, 2.24) is 9.80 Å². The van der Waals surface area contributed by atoms with Crippen LogP contribution in [0.15, 0.2) is 54.6 Å². The van der Waals surface area contributed by atoms with Crippen LogP contribution < -0.4 is 4.90 Å². The van der Waals surface area contributed by atoms with Gasteiger partial charge in [0.15, 0.2) is 0 Å². The topological polar surface area (TPSA) is 9.72 Å². The number of rotatable bonds is 0. The molecule has 0 fully saturated rings. The highest BCUT2D eigenvalue weighted by atomic mass is 15.1. The number of hydrogen-bond donors (Lipinski definition) is 0. The van der Waals surface area contributed by atoms with E-state index in [-0.39, 0.29) is 0 Å². The number of fused-ring (bicyclic) bond motifs is 3. The van der Waals surface area contributed by atoms with Crippen LogP contribution in [0, 0.1) is 20.8 Å². The molecule has 3 aromatic carbocycles. The van der Waals surface area contributed by atoms with Gasteiger partial charge in [-0.3, -0.25) is 4.90 Å². The third-order valence-electron chi connectivity index (χ3n) is 7.71. The molecule has 0 unspecified atom stereocenters. The summed E-state index contributed by atoms with van der Waals surface area (Å²) in [5.74, 6) is 0. The summed E-state index contributed by atoms with van der Waals surface area (Å²) in [5, 5.41) is 0.